The van der Waals surface area contributed by atoms with Crippen molar-refractivity contribution in [1.82, 2.24) is 19.8 Å². The van der Waals surface area contributed by atoms with Crippen LogP contribution >= 0.6 is 0 Å². The van der Waals surface area contributed by atoms with Gasteiger partial charge in [-0.2, -0.15) is 0 Å². The van der Waals surface area contributed by atoms with E-state index < -0.39 is 0 Å². The van der Waals surface area contributed by atoms with Crippen molar-refractivity contribution in [2.75, 3.05) is 26.2 Å². The molecule has 0 unspecified atom stereocenters. The fraction of sp³-hybridized carbons (Fsp3) is 0.545. The Hall–Kier alpha value is -2.34. The number of likely N-dealkylation sites (tertiary alicyclic amines) is 1. The lowest BCUT2D eigenvalue weighted by Gasteiger charge is -2.51. The van der Waals surface area contributed by atoms with Gasteiger partial charge in [-0.05, 0) is 43.4 Å². The number of phenolic OH excluding ortho intramolecular Hbond substituents is 1. The number of amides is 1. The molecule has 2 aromatic rings. The van der Waals surface area contributed by atoms with Gasteiger partial charge < -0.3 is 15.0 Å². The van der Waals surface area contributed by atoms with Crippen molar-refractivity contribution in [3.8, 4) is 5.75 Å². The van der Waals surface area contributed by atoms with Crippen LogP contribution < -0.4 is 0 Å². The molecule has 6 nitrogen and oxygen atoms in total. The SMILES string of the molecule is Cc1ccc(C(=O)N2CCC3(CC2)c2nc[nH]c2CCN3CC(C)C)cc1O. The standard InChI is InChI=1S/C22H30N4O2/c1-15(2)13-26-9-6-18-20(24-14-23-18)22(26)7-10-25(11-8-22)21(28)17-5-4-16(3)19(27)12-17/h4-5,12,14-15,27H,6-11,13H2,1-3H3,(H,23,24). The van der Waals surface area contributed by atoms with Gasteiger partial charge in [-0.3, -0.25) is 9.69 Å². The summed E-state index contributed by atoms with van der Waals surface area (Å²) in [7, 11) is 0. The lowest BCUT2D eigenvalue weighted by molar-refractivity contribution is 0.000611. The maximum absolute atomic E-state index is 13.0. The van der Waals surface area contributed by atoms with Gasteiger partial charge in [-0.25, -0.2) is 4.98 Å². The largest absolute Gasteiger partial charge is 0.508 e. The van der Waals surface area contributed by atoms with Crippen molar-refractivity contribution in [2.24, 2.45) is 5.92 Å². The zero-order valence-corrected chi connectivity index (χ0v) is 17.0. The molecule has 0 bridgehead atoms. The van der Waals surface area contributed by atoms with E-state index >= 15 is 0 Å². The maximum atomic E-state index is 13.0. The number of H-pyrrole nitrogens is 1. The topological polar surface area (TPSA) is 72.5 Å². The number of phenols is 1. The number of nitrogens with zero attached hydrogens (tertiary/aromatic N) is 3. The molecule has 2 aliphatic rings. The lowest BCUT2D eigenvalue weighted by Crippen LogP contribution is -2.57. The second-order valence-corrected chi connectivity index (χ2v) is 8.64. The molecule has 0 radical (unpaired) electrons. The minimum atomic E-state index is -0.0793. The summed E-state index contributed by atoms with van der Waals surface area (Å²) in [6, 6.07) is 5.19. The Labute approximate surface area is 166 Å². The average Bonchev–Trinajstić information content (AvgIpc) is 3.16. The fourth-order valence-corrected chi connectivity index (χ4v) is 4.79. The Morgan fingerprint density at radius 1 is 1.29 bits per heavy atom. The number of aryl methyl sites for hydroxylation is 1. The summed E-state index contributed by atoms with van der Waals surface area (Å²) in [6.07, 6.45) is 4.61. The summed E-state index contributed by atoms with van der Waals surface area (Å²) in [4.78, 5) is 25.5. The van der Waals surface area contributed by atoms with E-state index in [0.717, 1.165) is 37.9 Å². The second kappa shape index (κ2) is 7.24. The van der Waals surface area contributed by atoms with Gasteiger partial charge in [0.15, 0.2) is 0 Å². The third kappa shape index (κ3) is 3.20. The number of benzene rings is 1. The molecule has 1 spiro atoms. The smallest absolute Gasteiger partial charge is 0.253 e. The van der Waals surface area contributed by atoms with E-state index in [-0.39, 0.29) is 17.2 Å². The summed E-state index contributed by atoms with van der Waals surface area (Å²) in [6.45, 7) is 9.84. The van der Waals surface area contributed by atoms with Crippen LogP contribution in [-0.4, -0.2) is 57.0 Å². The molecule has 1 aromatic heterocycles. The Bertz CT molecular complexity index is 865. The summed E-state index contributed by atoms with van der Waals surface area (Å²) < 4.78 is 0. The Morgan fingerprint density at radius 3 is 2.71 bits per heavy atom. The van der Waals surface area contributed by atoms with Crippen LogP contribution in [-0.2, 0) is 12.0 Å². The number of carbonyl (C=O) groups is 1. The van der Waals surface area contributed by atoms with Crippen molar-refractivity contribution in [3.63, 3.8) is 0 Å². The van der Waals surface area contributed by atoms with Crippen LogP contribution in [0.1, 0.15) is 54.0 Å². The predicted octanol–water partition coefficient (Wildman–Crippen LogP) is 3.07. The van der Waals surface area contributed by atoms with Gasteiger partial charge in [0.2, 0.25) is 0 Å². The number of aromatic hydroxyl groups is 1. The Balaban J connectivity index is 1.55. The van der Waals surface area contributed by atoms with E-state index in [1.54, 1.807) is 18.2 Å². The monoisotopic (exact) mass is 382 g/mol. The first-order valence-corrected chi connectivity index (χ1v) is 10.3. The van der Waals surface area contributed by atoms with E-state index in [1.165, 1.54) is 11.4 Å². The van der Waals surface area contributed by atoms with Gasteiger partial charge in [-0.1, -0.05) is 19.9 Å². The molecule has 1 fully saturated rings. The number of nitrogens with one attached hydrogen (secondary N) is 1. The highest BCUT2D eigenvalue weighted by Gasteiger charge is 2.47. The first kappa shape index (κ1) is 19.0. The number of aromatic nitrogens is 2. The van der Waals surface area contributed by atoms with Crippen LogP contribution in [0.5, 0.6) is 5.75 Å². The zero-order chi connectivity index (χ0) is 19.9. The van der Waals surface area contributed by atoms with Gasteiger partial charge in [0, 0.05) is 43.9 Å². The highest BCUT2D eigenvalue weighted by atomic mass is 16.3. The number of hydrogen-bond acceptors (Lipinski definition) is 4. The van der Waals surface area contributed by atoms with Crippen LogP contribution in [0.2, 0.25) is 0 Å². The summed E-state index contributed by atoms with van der Waals surface area (Å²) in [5.74, 6) is 0.766. The van der Waals surface area contributed by atoms with Gasteiger partial charge in [0.1, 0.15) is 5.75 Å². The number of carbonyl (C=O) groups excluding carboxylic acids is 1. The van der Waals surface area contributed by atoms with Gasteiger partial charge in [-0.15, -0.1) is 0 Å². The third-order valence-corrected chi connectivity index (χ3v) is 6.32. The molecule has 4 rings (SSSR count). The molecule has 2 aliphatic heterocycles. The van der Waals surface area contributed by atoms with Crippen molar-refractivity contribution in [1.29, 1.82) is 0 Å². The molecule has 1 aromatic carbocycles. The van der Waals surface area contributed by atoms with E-state index in [0.29, 0.717) is 24.6 Å². The lowest BCUT2D eigenvalue weighted by atomic mass is 9.78. The maximum Gasteiger partial charge on any atom is 0.253 e. The minimum Gasteiger partial charge on any atom is -0.508 e. The number of fused-ring (bicyclic) bond motifs is 2. The average molecular weight is 383 g/mol. The molecule has 0 saturated carbocycles. The second-order valence-electron chi connectivity index (χ2n) is 8.64. The van der Waals surface area contributed by atoms with Gasteiger partial charge >= 0.3 is 0 Å². The third-order valence-electron chi connectivity index (χ3n) is 6.32. The van der Waals surface area contributed by atoms with Crippen molar-refractivity contribution in [2.45, 2.75) is 45.6 Å². The van der Waals surface area contributed by atoms with E-state index in [2.05, 4.69) is 23.7 Å². The highest BCUT2D eigenvalue weighted by Crippen LogP contribution is 2.42. The van der Waals surface area contributed by atoms with Gasteiger partial charge in [0.05, 0.1) is 17.6 Å². The molecule has 0 atom stereocenters. The number of piperidine rings is 1. The fourth-order valence-electron chi connectivity index (χ4n) is 4.79. The number of aromatic amines is 1. The molecular weight excluding hydrogens is 352 g/mol. The van der Waals surface area contributed by atoms with E-state index in [1.807, 2.05) is 18.2 Å². The van der Waals surface area contributed by atoms with Crippen molar-refractivity contribution < 1.29 is 9.90 Å². The molecule has 6 heteroatoms. The molecule has 1 saturated heterocycles. The first-order valence-electron chi connectivity index (χ1n) is 10.3. The molecule has 28 heavy (non-hydrogen) atoms. The van der Waals surface area contributed by atoms with Crippen LogP contribution in [0, 0.1) is 12.8 Å². The normalized spacial score (nSPS) is 19.2. The molecular formula is C22H30N4O2. The quantitative estimate of drug-likeness (QED) is 0.856. The number of imidazole rings is 1. The number of hydrogen-bond donors (Lipinski definition) is 2. The van der Waals surface area contributed by atoms with E-state index in [4.69, 9.17) is 4.98 Å². The molecule has 2 N–H and O–H groups in total. The first-order chi connectivity index (χ1) is 13.4. The summed E-state index contributed by atoms with van der Waals surface area (Å²) in [5.41, 5.74) is 3.70. The predicted molar refractivity (Wildman–Crippen MR) is 108 cm³/mol. The van der Waals surface area contributed by atoms with E-state index in [9.17, 15) is 9.90 Å². The summed E-state index contributed by atoms with van der Waals surface area (Å²) in [5, 5.41) is 9.96. The van der Waals surface area contributed by atoms with Crippen LogP contribution in [0.3, 0.4) is 0 Å². The van der Waals surface area contributed by atoms with Crippen LogP contribution in [0.4, 0.5) is 0 Å². The minimum absolute atomic E-state index is 0.00128. The number of rotatable bonds is 3. The van der Waals surface area contributed by atoms with Crippen molar-refractivity contribution >= 4 is 5.91 Å². The highest BCUT2D eigenvalue weighted by molar-refractivity contribution is 5.94. The Kier molecular flexibility index (Phi) is 4.91. The molecule has 150 valence electrons. The molecule has 0 aliphatic carbocycles. The Morgan fingerprint density at radius 2 is 2.04 bits per heavy atom. The van der Waals surface area contributed by atoms with Gasteiger partial charge in [0.25, 0.3) is 5.91 Å². The van der Waals surface area contributed by atoms with Crippen LogP contribution in [0.15, 0.2) is 24.5 Å². The zero-order valence-electron chi connectivity index (χ0n) is 17.0. The van der Waals surface area contributed by atoms with Crippen LogP contribution in [0.25, 0.3) is 0 Å². The molecule has 1 amide bonds. The summed E-state index contributed by atoms with van der Waals surface area (Å²) >= 11 is 0. The van der Waals surface area contributed by atoms with Crippen molar-refractivity contribution in [3.05, 3.63) is 47.0 Å². The molecule has 3 heterocycles.